The number of amides is 1. The fourth-order valence-corrected chi connectivity index (χ4v) is 2.25. The molecule has 1 amide bonds. The van der Waals surface area contributed by atoms with Crippen molar-refractivity contribution in [3.8, 4) is 0 Å². The second-order valence-electron chi connectivity index (χ2n) is 4.37. The van der Waals surface area contributed by atoms with E-state index in [4.69, 9.17) is 16.6 Å². The Kier molecular flexibility index (Phi) is 6.24. The Labute approximate surface area is 139 Å². The Morgan fingerprint density at radius 3 is 2.73 bits per heavy atom. The third kappa shape index (κ3) is 5.38. The highest BCUT2D eigenvalue weighted by Gasteiger charge is 2.01. The van der Waals surface area contributed by atoms with Gasteiger partial charge in [0.15, 0.2) is 5.11 Å². The first-order valence-electron chi connectivity index (χ1n) is 6.60. The third-order valence-electron chi connectivity index (χ3n) is 2.79. The van der Waals surface area contributed by atoms with Crippen molar-refractivity contribution in [2.75, 3.05) is 6.26 Å². The first kappa shape index (κ1) is 16.3. The van der Waals surface area contributed by atoms with E-state index in [2.05, 4.69) is 22.8 Å². The number of nitrogens with one attached hydrogen (secondary N) is 2. The lowest BCUT2D eigenvalue weighted by molar-refractivity contribution is -0.115. The molecule has 6 heteroatoms. The fourth-order valence-electron chi connectivity index (χ4n) is 1.67. The van der Waals surface area contributed by atoms with Crippen LogP contribution in [0.3, 0.4) is 0 Å². The molecule has 0 spiro atoms. The molecule has 1 aromatic carbocycles. The number of hydrogen-bond acceptors (Lipinski definition) is 4. The number of thiocarbonyl (C=S) groups is 1. The van der Waals surface area contributed by atoms with Crippen LogP contribution in [0.4, 0.5) is 0 Å². The monoisotopic (exact) mass is 332 g/mol. The summed E-state index contributed by atoms with van der Waals surface area (Å²) in [5, 5.41) is 5.87. The number of furan rings is 1. The van der Waals surface area contributed by atoms with Crippen LogP contribution in [0.1, 0.15) is 11.3 Å². The van der Waals surface area contributed by atoms with Crippen LogP contribution in [-0.2, 0) is 11.3 Å². The molecule has 0 unspecified atom stereocenters. The summed E-state index contributed by atoms with van der Waals surface area (Å²) in [6.45, 7) is 0.565. The van der Waals surface area contributed by atoms with E-state index in [0.717, 1.165) is 5.56 Å². The molecule has 0 radical (unpaired) electrons. The van der Waals surface area contributed by atoms with Gasteiger partial charge in [0, 0.05) is 17.5 Å². The summed E-state index contributed by atoms with van der Waals surface area (Å²) in [7, 11) is 0. The van der Waals surface area contributed by atoms with E-state index in [1.54, 1.807) is 36.2 Å². The summed E-state index contributed by atoms with van der Waals surface area (Å²) in [6.07, 6.45) is 6.54. The van der Waals surface area contributed by atoms with E-state index in [1.807, 2.05) is 18.4 Å². The number of thioether (sulfide) groups is 1. The van der Waals surface area contributed by atoms with Crippen molar-refractivity contribution in [2.45, 2.75) is 11.4 Å². The van der Waals surface area contributed by atoms with Crippen LogP contribution in [-0.4, -0.2) is 17.3 Å². The van der Waals surface area contributed by atoms with E-state index in [9.17, 15) is 4.79 Å². The maximum Gasteiger partial charge on any atom is 0.250 e. The van der Waals surface area contributed by atoms with Gasteiger partial charge < -0.3 is 9.73 Å². The van der Waals surface area contributed by atoms with Gasteiger partial charge in [-0.15, -0.1) is 11.8 Å². The number of benzene rings is 1. The first-order valence-corrected chi connectivity index (χ1v) is 8.24. The Morgan fingerprint density at radius 1 is 1.32 bits per heavy atom. The van der Waals surface area contributed by atoms with Crippen LogP contribution in [0.25, 0.3) is 6.08 Å². The Hall–Kier alpha value is -2.05. The molecule has 0 atom stereocenters. The van der Waals surface area contributed by atoms with Crippen molar-refractivity contribution in [1.29, 1.82) is 0 Å². The lowest BCUT2D eigenvalue weighted by atomic mass is 10.2. The zero-order valence-corrected chi connectivity index (χ0v) is 13.7. The summed E-state index contributed by atoms with van der Waals surface area (Å²) in [4.78, 5) is 12.9. The Bertz CT molecular complexity index is 649. The van der Waals surface area contributed by atoms with Crippen LogP contribution in [0.5, 0.6) is 0 Å². The van der Waals surface area contributed by atoms with Gasteiger partial charge in [-0.05, 0) is 54.4 Å². The molecule has 2 rings (SSSR count). The minimum atomic E-state index is -0.299. The van der Waals surface area contributed by atoms with E-state index in [1.165, 1.54) is 11.0 Å². The minimum absolute atomic E-state index is 0.294. The molecule has 0 saturated heterocycles. The van der Waals surface area contributed by atoms with Gasteiger partial charge in [0.05, 0.1) is 6.26 Å². The van der Waals surface area contributed by atoms with Crippen LogP contribution < -0.4 is 10.6 Å². The van der Waals surface area contributed by atoms with Gasteiger partial charge >= 0.3 is 0 Å². The summed E-state index contributed by atoms with van der Waals surface area (Å²) in [5.41, 5.74) is 1.10. The van der Waals surface area contributed by atoms with Crippen molar-refractivity contribution in [3.63, 3.8) is 0 Å². The zero-order valence-electron chi connectivity index (χ0n) is 12.0. The molecule has 114 valence electrons. The van der Waals surface area contributed by atoms with Gasteiger partial charge in [-0.2, -0.15) is 0 Å². The predicted molar refractivity (Wildman–Crippen MR) is 93.5 cm³/mol. The summed E-state index contributed by atoms with van der Waals surface area (Å²) < 4.78 is 5.10. The molecule has 1 aromatic heterocycles. The molecule has 0 bridgehead atoms. The summed E-state index contributed by atoms with van der Waals surface area (Å²) >= 11 is 6.78. The molecule has 1 heterocycles. The van der Waals surface area contributed by atoms with Gasteiger partial charge in [0.25, 0.3) is 0 Å². The average molecular weight is 332 g/mol. The van der Waals surface area contributed by atoms with E-state index in [-0.39, 0.29) is 5.91 Å². The molecule has 0 fully saturated rings. The average Bonchev–Trinajstić information content (AvgIpc) is 3.05. The molecule has 0 aliphatic rings. The van der Waals surface area contributed by atoms with Crippen molar-refractivity contribution >= 4 is 41.1 Å². The quantitative estimate of drug-likeness (QED) is 0.500. The minimum Gasteiger partial charge on any atom is -0.465 e. The lowest BCUT2D eigenvalue weighted by Crippen LogP contribution is -2.37. The number of hydrogen-bond donors (Lipinski definition) is 2. The molecule has 0 aliphatic carbocycles. The number of carbonyl (C=O) groups excluding carboxylic acids is 1. The van der Waals surface area contributed by atoms with E-state index in [0.29, 0.717) is 17.4 Å². The van der Waals surface area contributed by atoms with Crippen molar-refractivity contribution in [3.05, 3.63) is 60.1 Å². The fraction of sp³-hybridized carbons (Fsp3) is 0.125. The molecule has 4 nitrogen and oxygen atoms in total. The van der Waals surface area contributed by atoms with Crippen molar-refractivity contribution in [1.82, 2.24) is 10.6 Å². The molecule has 2 aromatic rings. The first-order chi connectivity index (χ1) is 10.7. The van der Waals surface area contributed by atoms with Crippen molar-refractivity contribution < 1.29 is 9.21 Å². The van der Waals surface area contributed by atoms with Gasteiger partial charge in [0.1, 0.15) is 5.76 Å². The largest absolute Gasteiger partial charge is 0.465 e. The molecule has 22 heavy (non-hydrogen) atoms. The van der Waals surface area contributed by atoms with Crippen molar-refractivity contribution in [2.24, 2.45) is 0 Å². The maximum absolute atomic E-state index is 11.7. The molecule has 0 aliphatic heterocycles. The smallest absolute Gasteiger partial charge is 0.250 e. The van der Waals surface area contributed by atoms with Crippen LogP contribution in [0.15, 0.2) is 58.1 Å². The van der Waals surface area contributed by atoms with Crippen LogP contribution in [0.2, 0.25) is 0 Å². The van der Waals surface area contributed by atoms with Gasteiger partial charge in [-0.3, -0.25) is 10.1 Å². The van der Waals surface area contributed by atoms with Gasteiger partial charge in [0.2, 0.25) is 5.91 Å². The zero-order chi connectivity index (χ0) is 15.8. The lowest BCUT2D eigenvalue weighted by Gasteiger charge is -2.08. The van der Waals surface area contributed by atoms with E-state index >= 15 is 0 Å². The van der Waals surface area contributed by atoms with Crippen LogP contribution in [0, 0.1) is 0 Å². The van der Waals surface area contributed by atoms with Gasteiger partial charge in [-0.1, -0.05) is 12.1 Å². The Morgan fingerprint density at radius 2 is 2.09 bits per heavy atom. The topological polar surface area (TPSA) is 54.3 Å². The number of rotatable bonds is 5. The summed E-state index contributed by atoms with van der Waals surface area (Å²) in [5.74, 6) is 0.314. The van der Waals surface area contributed by atoms with Crippen LogP contribution >= 0.6 is 24.0 Å². The predicted octanol–water partition coefficient (Wildman–Crippen LogP) is 3.21. The SMILES string of the molecule is CSc1ccc(CNC(=S)NC(=O)/C=C/c2ccco2)cc1. The second-order valence-corrected chi connectivity index (χ2v) is 5.66. The second kappa shape index (κ2) is 8.41. The molecular weight excluding hydrogens is 316 g/mol. The van der Waals surface area contributed by atoms with E-state index < -0.39 is 0 Å². The van der Waals surface area contributed by atoms with Gasteiger partial charge in [-0.25, -0.2) is 0 Å². The summed E-state index contributed by atoms with van der Waals surface area (Å²) in [6, 6.07) is 11.7. The third-order valence-corrected chi connectivity index (χ3v) is 3.78. The molecule has 2 N–H and O–H groups in total. The Balaban J connectivity index is 1.76. The number of carbonyl (C=O) groups is 1. The highest BCUT2D eigenvalue weighted by molar-refractivity contribution is 7.98. The highest BCUT2D eigenvalue weighted by Crippen LogP contribution is 2.14. The normalized spacial score (nSPS) is 10.6. The standard InChI is InChI=1S/C16H16N2O2S2/c1-22-14-7-4-12(5-8-14)11-17-16(21)18-15(19)9-6-13-3-2-10-20-13/h2-10H,11H2,1H3,(H2,17,18,19,21)/b9-6+. The molecule has 0 saturated carbocycles. The maximum atomic E-state index is 11.7. The molecular formula is C16H16N2O2S2. The highest BCUT2D eigenvalue weighted by atomic mass is 32.2.